The molecule has 7 heteroatoms. The van der Waals surface area contributed by atoms with Crippen molar-refractivity contribution in [3.8, 4) is 6.07 Å². The van der Waals surface area contributed by atoms with Gasteiger partial charge in [-0.05, 0) is 43.0 Å². The molecule has 0 unspecified atom stereocenters. The van der Waals surface area contributed by atoms with E-state index in [2.05, 4.69) is 4.98 Å². The van der Waals surface area contributed by atoms with Crippen molar-refractivity contribution in [2.75, 3.05) is 18.0 Å². The first kappa shape index (κ1) is 16.1. The molecule has 2 heterocycles. The van der Waals surface area contributed by atoms with Crippen LogP contribution in [0.15, 0.2) is 29.2 Å². The van der Waals surface area contributed by atoms with E-state index < -0.39 is 17.2 Å². The Hall–Kier alpha value is -2.75. The molecule has 0 N–H and O–H groups in total. The van der Waals surface area contributed by atoms with Crippen LogP contribution in [0.2, 0.25) is 0 Å². The summed E-state index contributed by atoms with van der Waals surface area (Å²) in [6.45, 7) is 1.36. The van der Waals surface area contributed by atoms with E-state index in [9.17, 15) is 13.6 Å². The summed E-state index contributed by atoms with van der Waals surface area (Å²) in [7, 11) is 0. The van der Waals surface area contributed by atoms with Gasteiger partial charge in [0.05, 0.1) is 24.4 Å². The van der Waals surface area contributed by atoms with Crippen molar-refractivity contribution < 1.29 is 8.78 Å². The fraction of sp³-hybridized carbons (Fsp3) is 0.353. The predicted molar refractivity (Wildman–Crippen MR) is 84.7 cm³/mol. The van der Waals surface area contributed by atoms with Gasteiger partial charge in [-0.1, -0.05) is 0 Å². The number of hydrogen-bond donors (Lipinski definition) is 0. The lowest BCUT2D eigenvalue weighted by Gasteiger charge is -2.29. The van der Waals surface area contributed by atoms with Gasteiger partial charge in [-0.3, -0.25) is 9.36 Å². The van der Waals surface area contributed by atoms with E-state index in [-0.39, 0.29) is 12.1 Å². The molecule has 24 heavy (non-hydrogen) atoms. The summed E-state index contributed by atoms with van der Waals surface area (Å²) in [5.41, 5.74) is -0.249. The van der Waals surface area contributed by atoms with Crippen molar-refractivity contribution in [2.45, 2.75) is 25.8 Å². The van der Waals surface area contributed by atoms with Crippen LogP contribution in [0.5, 0.6) is 0 Å². The third-order valence-corrected chi connectivity index (χ3v) is 4.14. The topological polar surface area (TPSA) is 61.9 Å². The molecule has 0 atom stereocenters. The number of nitrogens with zero attached hydrogens (tertiary/aromatic N) is 4. The second-order valence-corrected chi connectivity index (χ2v) is 5.76. The number of piperidine rings is 1. The van der Waals surface area contributed by atoms with Crippen molar-refractivity contribution in [3.05, 3.63) is 57.5 Å². The molecular formula is C17H16F2N4O. The zero-order valence-electron chi connectivity index (χ0n) is 13.0. The average molecular weight is 330 g/mol. The van der Waals surface area contributed by atoms with E-state index in [1.807, 2.05) is 11.0 Å². The van der Waals surface area contributed by atoms with Gasteiger partial charge >= 0.3 is 0 Å². The first-order valence-electron chi connectivity index (χ1n) is 7.79. The Morgan fingerprint density at radius 3 is 2.67 bits per heavy atom. The van der Waals surface area contributed by atoms with Crippen LogP contribution in [-0.2, 0) is 6.54 Å². The van der Waals surface area contributed by atoms with E-state index in [0.29, 0.717) is 11.5 Å². The van der Waals surface area contributed by atoms with Crippen molar-refractivity contribution in [1.29, 1.82) is 5.26 Å². The summed E-state index contributed by atoms with van der Waals surface area (Å²) in [5, 5.41) is 9.17. The predicted octanol–water partition coefficient (Wildman–Crippen LogP) is 2.43. The Morgan fingerprint density at radius 2 is 1.96 bits per heavy atom. The molecule has 0 spiro atoms. The number of nitriles is 1. The molecule has 0 radical (unpaired) electrons. The number of aromatic nitrogens is 2. The number of halogens is 2. The number of hydrogen-bond acceptors (Lipinski definition) is 4. The maximum absolute atomic E-state index is 13.7. The third kappa shape index (κ3) is 3.13. The third-order valence-electron chi connectivity index (χ3n) is 4.14. The molecule has 0 bridgehead atoms. The van der Waals surface area contributed by atoms with Crippen LogP contribution in [0.3, 0.4) is 0 Å². The van der Waals surface area contributed by atoms with Gasteiger partial charge in [0.2, 0.25) is 11.8 Å². The highest BCUT2D eigenvalue weighted by Crippen LogP contribution is 2.19. The summed E-state index contributed by atoms with van der Waals surface area (Å²) in [6.07, 6.45) is 3.96. The van der Waals surface area contributed by atoms with E-state index in [4.69, 9.17) is 5.26 Å². The summed E-state index contributed by atoms with van der Waals surface area (Å²) >= 11 is 0. The van der Waals surface area contributed by atoms with E-state index in [1.54, 1.807) is 0 Å². The minimum absolute atomic E-state index is 0.101. The zero-order valence-corrected chi connectivity index (χ0v) is 13.0. The molecule has 1 aliphatic rings. The maximum Gasteiger partial charge on any atom is 0.291 e. The van der Waals surface area contributed by atoms with Gasteiger partial charge < -0.3 is 4.90 Å². The molecule has 1 saturated heterocycles. The molecule has 0 aliphatic carbocycles. The molecule has 0 saturated carbocycles. The van der Waals surface area contributed by atoms with E-state index >= 15 is 0 Å². The van der Waals surface area contributed by atoms with Gasteiger partial charge in [0.15, 0.2) is 0 Å². The summed E-state index contributed by atoms with van der Waals surface area (Å²) in [4.78, 5) is 18.3. The van der Waals surface area contributed by atoms with Gasteiger partial charge in [0.25, 0.3) is 5.56 Å². The largest absolute Gasteiger partial charge is 0.342 e. The molecule has 1 aromatic heterocycles. The Morgan fingerprint density at radius 1 is 1.21 bits per heavy atom. The highest BCUT2D eigenvalue weighted by molar-refractivity contribution is 5.40. The molecule has 124 valence electrons. The lowest BCUT2D eigenvalue weighted by molar-refractivity contribution is 0.528. The van der Waals surface area contributed by atoms with Gasteiger partial charge in [0.1, 0.15) is 5.82 Å². The summed E-state index contributed by atoms with van der Waals surface area (Å²) in [5.74, 6) is -1.12. The van der Waals surface area contributed by atoms with Gasteiger partial charge in [-0.2, -0.15) is 9.65 Å². The highest BCUT2D eigenvalue weighted by Gasteiger charge is 2.19. The van der Waals surface area contributed by atoms with Crippen LogP contribution in [0.1, 0.15) is 30.4 Å². The Kier molecular flexibility index (Phi) is 4.56. The highest BCUT2D eigenvalue weighted by atomic mass is 19.1. The first-order chi connectivity index (χ1) is 11.6. The molecule has 2 aromatic rings. The van der Waals surface area contributed by atoms with Crippen LogP contribution in [0.4, 0.5) is 14.7 Å². The molecular weight excluding hydrogens is 314 g/mol. The molecule has 5 nitrogen and oxygen atoms in total. The number of benzene rings is 1. The van der Waals surface area contributed by atoms with Crippen LogP contribution in [-0.4, -0.2) is 22.6 Å². The summed E-state index contributed by atoms with van der Waals surface area (Å²) in [6, 6.07) is 5.69. The Balaban J connectivity index is 2.07. The fourth-order valence-corrected chi connectivity index (χ4v) is 2.92. The fourth-order valence-electron chi connectivity index (χ4n) is 2.92. The molecule has 0 amide bonds. The van der Waals surface area contributed by atoms with Crippen LogP contribution >= 0.6 is 0 Å². The van der Waals surface area contributed by atoms with Crippen molar-refractivity contribution in [3.63, 3.8) is 0 Å². The van der Waals surface area contributed by atoms with Crippen LogP contribution < -0.4 is 10.5 Å². The van der Waals surface area contributed by atoms with Gasteiger partial charge in [-0.15, -0.1) is 0 Å². The quantitative estimate of drug-likeness (QED) is 0.867. The van der Waals surface area contributed by atoms with Crippen molar-refractivity contribution in [2.24, 2.45) is 0 Å². The van der Waals surface area contributed by atoms with Crippen molar-refractivity contribution in [1.82, 2.24) is 9.55 Å². The number of anilines is 1. The molecule has 1 aliphatic heterocycles. The lowest BCUT2D eigenvalue weighted by Crippen LogP contribution is -2.37. The molecule has 1 aromatic carbocycles. The summed E-state index contributed by atoms with van der Waals surface area (Å²) < 4.78 is 28.4. The maximum atomic E-state index is 13.7. The van der Waals surface area contributed by atoms with E-state index in [0.717, 1.165) is 38.5 Å². The van der Waals surface area contributed by atoms with Crippen LogP contribution in [0.25, 0.3) is 0 Å². The van der Waals surface area contributed by atoms with E-state index in [1.165, 1.54) is 22.8 Å². The second kappa shape index (κ2) is 6.79. The minimum atomic E-state index is -0.967. The SMILES string of the molecule is N#Cc1ccc(F)cc1Cn1c(N2CCCCC2)ncc(F)c1=O. The smallest absolute Gasteiger partial charge is 0.291 e. The second-order valence-electron chi connectivity index (χ2n) is 5.76. The monoisotopic (exact) mass is 330 g/mol. The Labute approximate surface area is 137 Å². The van der Waals surface area contributed by atoms with Crippen molar-refractivity contribution >= 4 is 5.95 Å². The zero-order chi connectivity index (χ0) is 17.1. The average Bonchev–Trinajstić information content (AvgIpc) is 2.60. The first-order valence-corrected chi connectivity index (χ1v) is 7.79. The normalized spacial score (nSPS) is 14.5. The molecule has 1 fully saturated rings. The Bertz CT molecular complexity index is 851. The van der Waals surface area contributed by atoms with Gasteiger partial charge in [-0.25, -0.2) is 9.37 Å². The minimum Gasteiger partial charge on any atom is -0.342 e. The van der Waals surface area contributed by atoms with Crippen LogP contribution in [0, 0.1) is 23.0 Å². The standard InChI is InChI=1S/C17H16F2N4O/c18-14-5-4-12(9-20)13(8-14)11-23-16(24)15(19)10-21-17(23)22-6-2-1-3-7-22/h4-5,8,10H,1-3,6-7,11H2. The molecule has 3 rings (SSSR count). The van der Waals surface area contributed by atoms with Gasteiger partial charge in [0, 0.05) is 13.1 Å². The lowest BCUT2D eigenvalue weighted by atomic mass is 10.1. The number of rotatable bonds is 3.